The Morgan fingerprint density at radius 2 is 2.07 bits per heavy atom. The van der Waals surface area contributed by atoms with Crippen LogP contribution in [0.1, 0.15) is 66.7 Å². The third kappa shape index (κ3) is 3.39. The molecule has 0 radical (unpaired) electrons. The van der Waals surface area contributed by atoms with Gasteiger partial charge in [0.1, 0.15) is 6.10 Å². The second-order valence-electron chi connectivity index (χ2n) is 9.87. The van der Waals surface area contributed by atoms with Crippen molar-refractivity contribution in [2.75, 3.05) is 5.88 Å². The van der Waals surface area contributed by atoms with Crippen LogP contribution >= 0.6 is 11.6 Å². The largest absolute Gasteiger partial charge is 0.456 e. The molecule has 0 aromatic heterocycles. The molecule has 1 saturated heterocycles. The molecule has 158 valence electrons. The first-order valence-electron chi connectivity index (χ1n) is 10.3. The van der Waals surface area contributed by atoms with Crippen LogP contribution in [0.4, 0.5) is 0 Å². The summed E-state index contributed by atoms with van der Waals surface area (Å²) < 4.78 is 10.6. The minimum atomic E-state index is -1.71. The van der Waals surface area contributed by atoms with E-state index < -0.39 is 29.7 Å². The first kappa shape index (κ1) is 21.6. The predicted molar refractivity (Wildman–Crippen MR) is 107 cm³/mol. The molecule has 1 saturated carbocycles. The summed E-state index contributed by atoms with van der Waals surface area (Å²) in [5, 5.41) is 11.2. The molecular weight excluding hydrogens is 380 g/mol. The number of ether oxygens (including phenoxy) is 2. The SMILES string of the molecule is CC(=O)O[C@H]1C(=O)O[C@H](C[C@@]2(C)[C@@H]3CCCC(C)(C)C3=CC[C@@H]2C)[C@]1(O)CCl. The Bertz CT molecular complexity index is 686. The van der Waals surface area contributed by atoms with Gasteiger partial charge in [-0.05, 0) is 48.3 Å². The quantitative estimate of drug-likeness (QED) is 0.429. The van der Waals surface area contributed by atoms with E-state index in [-0.39, 0.29) is 16.7 Å². The van der Waals surface area contributed by atoms with Crippen LogP contribution < -0.4 is 0 Å². The Morgan fingerprint density at radius 1 is 1.39 bits per heavy atom. The molecule has 1 aliphatic heterocycles. The number of aliphatic hydroxyl groups is 1. The Balaban J connectivity index is 1.92. The van der Waals surface area contributed by atoms with E-state index in [4.69, 9.17) is 21.1 Å². The van der Waals surface area contributed by atoms with Gasteiger partial charge in [0.15, 0.2) is 5.60 Å². The molecule has 5 nitrogen and oxygen atoms in total. The van der Waals surface area contributed by atoms with Crippen LogP contribution in [0.15, 0.2) is 11.6 Å². The topological polar surface area (TPSA) is 72.8 Å². The van der Waals surface area contributed by atoms with Crippen LogP contribution in [0.2, 0.25) is 0 Å². The average Bonchev–Trinajstić information content (AvgIpc) is 2.82. The predicted octanol–water partition coefficient (Wildman–Crippen LogP) is 4.00. The first-order valence-corrected chi connectivity index (χ1v) is 10.9. The molecule has 0 spiro atoms. The van der Waals surface area contributed by atoms with Crippen molar-refractivity contribution in [1.82, 2.24) is 0 Å². The fourth-order valence-corrected chi connectivity index (χ4v) is 5.96. The molecular formula is C22H33ClO5. The van der Waals surface area contributed by atoms with Gasteiger partial charge in [0.05, 0.1) is 5.88 Å². The minimum absolute atomic E-state index is 0.141. The number of allylic oxidation sites excluding steroid dienone is 2. The van der Waals surface area contributed by atoms with E-state index >= 15 is 0 Å². The van der Waals surface area contributed by atoms with Crippen molar-refractivity contribution < 1.29 is 24.2 Å². The summed E-state index contributed by atoms with van der Waals surface area (Å²) in [5.74, 6) is -0.824. The van der Waals surface area contributed by atoms with E-state index in [1.54, 1.807) is 0 Å². The Labute approximate surface area is 172 Å². The van der Waals surface area contributed by atoms with Crippen LogP contribution in [0, 0.1) is 22.7 Å². The molecule has 3 rings (SSSR count). The van der Waals surface area contributed by atoms with Gasteiger partial charge in [0, 0.05) is 6.92 Å². The van der Waals surface area contributed by atoms with E-state index in [1.807, 2.05) is 0 Å². The normalized spacial score (nSPS) is 42.4. The first-order chi connectivity index (χ1) is 13.0. The van der Waals surface area contributed by atoms with Crippen LogP contribution in [0.3, 0.4) is 0 Å². The minimum Gasteiger partial charge on any atom is -0.456 e. The van der Waals surface area contributed by atoms with E-state index in [0.717, 1.165) is 19.3 Å². The maximum Gasteiger partial charge on any atom is 0.351 e. The third-order valence-corrected chi connectivity index (χ3v) is 8.10. The molecule has 1 heterocycles. The lowest BCUT2D eigenvalue weighted by Crippen LogP contribution is -2.54. The maximum atomic E-state index is 12.4. The van der Waals surface area contributed by atoms with Crippen LogP contribution in [0.5, 0.6) is 0 Å². The van der Waals surface area contributed by atoms with Gasteiger partial charge in [-0.1, -0.05) is 45.8 Å². The lowest BCUT2D eigenvalue weighted by Gasteiger charge is -2.54. The van der Waals surface area contributed by atoms with Gasteiger partial charge in [0.2, 0.25) is 6.10 Å². The van der Waals surface area contributed by atoms with E-state index in [0.29, 0.717) is 18.3 Å². The monoisotopic (exact) mass is 412 g/mol. The van der Waals surface area contributed by atoms with Gasteiger partial charge in [-0.15, -0.1) is 11.6 Å². The van der Waals surface area contributed by atoms with Gasteiger partial charge in [-0.25, -0.2) is 4.79 Å². The van der Waals surface area contributed by atoms with Crippen molar-refractivity contribution in [1.29, 1.82) is 0 Å². The lowest BCUT2D eigenvalue weighted by molar-refractivity contribution is -0.164. The van der Waals surface area contributed by atoms with Crippen molar-refractivity contribution in [2.45, 2.75) is 84.5 Å². The van der Waals surface area contributed by atoms with E-state index in [1.165, 1.54) is 18.9 Å². The molecule has 2 aliphatic carbocycles. The molecule has 0 bridgehead atoms. The van der Waals surface area contributed by atoms with Crippen LogP contribution in [-0.4, -0.2) is 40.7 Å². The molecule has 6 heteroatoms. The highest BCUT2D eigenvalue weighted by atomic mass is 35.5. The van der Waals surface area contributed by atoms with Crippen molar-refractivity contribution >= 4 is 23.5 Å². The molecule has 0 aromatic rings. The summed E-state index contributed by atoms with van der Waals surface area (Å²) in [6.07, 6.45) is 5.16. The zero-order valence-electron chi connectivity index (χ0n) is 17.6. The zero-order valence-corrected chi connectivity index (χ0v) is 18.3. The standard InChI is InChI=1S/C22H33ClO5/c1-13-8-9-15-16(7-6-10-20(15,3)4)21(13,5)11-17-22(26,12-23)18(19(25)28-17)27-14(2)24/h9,13,16-18,26H,6-8,10-12H2,1-5H3/t13-,16+,17+,18-,21+,22+/m0/s1. The van der Waals surface area contributed by atoms with Crippen molar-refractivity contribution in [3.63, 3.8) is 0 Å². The van der Waals surface area contributed by atoms with Gasteiger partial charge < -0.3 is 14.6 Å². The van der Waals surface area contributed by atoms with E-state index in [2.05, 4.69) is 33.8 Å². The highest BCUT2D eigenvalue weighted by Crippen LogP contribution is 2.59. The fraction of sp³-hybridized carbons (Fsp3) is 0.818. The molecule has 0 aromatic carbocycles. The molecule has 0 amide bonds. The van der Waals surface area contributed by atoms with Gasteiger partial charge >= 0.3 is 11.9 Å². The van der Waals surface area contributed by atoms with Gasteiger partial charge in [-0.3, -0.25) is 4.79 Å². The zero-order chi connectivity index (χ0) is 20.9. The number of hydrogen-bond donors (Lipinski definition) is 1. The highest BCUT2D eigenvalue weighted by Gasteiger charge is 2.61. The number of alkyl halides is 1. The maximum absolute atomic E-state index is 12.4. The smallest absolute Gasteiger partial charge is 0.351 e. The lowest BCUT2D eigenvalue weighted by atomic mass is 9.51. The second-order valence-corrected chi connectivity index (χ2v) is 10.1. The number of carbonyl (C=O) groups excluding carboxylic acids is 2. The van der Waals surface area contributed by atoms with Crippen LogP contribution in [-0.2, 0) is 19.1 Å². The molecule has 1 N–H and O–H groups in total. The number of esters is 2. The number of carbonyl (C=O) groups is 2. The molecule has 3 aliphatic rings. The number of fused-ring (bicyclic) bond motifs is 1. The fourth-order valence-electron chi connectivity index (χ4n) is 5.65. The summed E-state index contributed by atoms with van der Waals surface area (Å²) >= 11 is 6.08. The summed E-state index contributed by atoms with van der Waals surface area (Å²) in [6.45, 7) is 10.3. The summed E-state index contributed by atoms with van der Waals surface area (Å²) in [5.41, 5.74) is -0.189. The average molecular weight is 413 g/mol. The van der Waals surface area contributed by atoms with Gasteiger partial charge in [0.25, 0.3) is 0 Å². The van der Waals surface area contributed by atoms with Crippen molar-refractivity contribution in [3.05, 3.63) is 11.6 Å². The molecule has 2 fully saturated rings. The Kier molecular flexibility index (Phi) is 5.65. The summed E-state index contributed by atoms with van der Waals surface area (Å²) in [6, 6.07) is 0. The Morgan fingerprint density at radius 3 is 2.68 bits per heavy atom. The van der Waals surface area contributed by atoms with Crippen molar-refractivity contribution in [3.8, 4) is 0 Å². The highest BCUT2D eigenvalue weighted by molar-refractivity contribution is 6.19. The van der Waals surface area contributed by atoms with Gasteiger partial charge in [-0.2, -0.15) is 0 Å². The number of halogens is 1. The Hall–Kier alpha value is -1.07. The third-order valence-electron chi connectivity index (χ3n) is 7.67. The van der Waals surface area contributed by atoms with E-state index in [9.17, 15) is 14.7 Å². The number of cyclic esters (lactones) is 1. The molecule has 6 atom stereocenters. The summed E-state index contributed by atoms with van der Waals surface area (Å²) in [7, 11) is 0. The molecule has 28 heavy (non-hydrogen) atoms. The number of hydrogen-bond acceptors (Lipinski definition) is 5. The number of rotatable bonds is 4. The summed E-state index contributed by atoms with van der Waals surface area (Å²) in [4.78, 5) is 23.8. The van der Waals surface area contributed by atoms with Crippen molar-refractivity contribution in [2.24, 2.45) is 22.7 Å². The van der Waals surface area contributed by atoms with Crippen LogP contribution in [0.25, 0.3) is 0 Å². The molecule has 0 unspecified atom stereocenters. The second kappa shape index (κ2) is 7.32.